The second-order valence-corrected chi connectivity index (χ2v) is 4.48. The zero-order valence-corrected chi connectivity index (χ0v) is 8.12. The molecule has 2 aliphatic rings. The lowest BCUT2D eigenvalue weighted by Gasteiger charge is -2.19. The van der Waals surface area contributed by atoms with Gasteiger partial charge in [-0.25, -0.2) is 0 Å². The average molecular weight is 170 g/mol. The van der Waals surface area contributed by atoms with Crippen molar-refractivity contribution in [1.82, 2.24) is 0 Å². The highest BCUT2D eigenvalue weighted by molar-refractivity contribution is 4.93. The van der Waals surface area contributed by atoms with Crippen LogP contribution in [0.3, 0.4) is 0 Å². The van der Waals surface area contributed by atoms with Gasteiger partial charge in [-0.1, -0.05) is 20.8 Å². The van der Waals surface area contributed by atoms with Crippen LogP contribution in [-0.4, -0.2) is 25.4 Å². The third-order valence-electron chi connectivity index (χ3n) is 3.20. The first-order valence-corrected chi connectivity index (χ1v) is 4.93. The van der Waals surface area contributed by atoms with Gasteiger partial charge in [0.05, 0.1) is 25.4 Å². The van der Waals surface area contributed by atoms with Crippen molar-refractivity contribution < 1.29 is 9.47 Å². The molecule has 12 heavy (non-hydrogen) atoms. The Bertz CT molecular complexity index is 167. The molecule has 0 amide bonds. The third-order valence-corrected chi connectivity index (χ3v) is 3.20. The summed E-state index contributed by atoms with van der Waals surface area (Å²) in [5.74, 6) is 1.91. The van der Waals surface area contributed by atoms with Crippen molar-refractivity contribution >= 4 is 0 Å². The summed E-state index contributed by atoms with van der Waals surface area (Å²) in [6.07, 6.45) is 0.775. The fourth-order valence-corrected chi connectivity index (χ4v) is 2.29. The Labute approximate surface area is 74.2 Å². The summed E-state index contributed by atoms with van der Waals surface area (Å²) in [5.41, 5.74) is 0. The standard InChI is InChI=1S/C10H18O2/c1-6(2)8-5-12-9-7(3)4-11-10(8)9/h6-10H,4-5H2,1-3H3/t7-,8-,9+,10+/m0/s1. The van der Waals surface area contributed by atoms with Gasteiger partial charge in [-0.05, 0) is 5.92 Å². The van der Waals surface area contributed by atoms with Crippen molar-refractivity contribution in [2.24, 2.45) is 17.8 Å². The lowest BCUT2D eigenvalue weighted by Crippen LogP contribution is -2.27. The molecule has 0 spiro atoms. The molecular weight excluding hydrogens is 152 g/mol. The number of rotatable bonds is 1. The first kappa shape index (κ1) is 8.52. The van der Waals surface area contributed by atoms with E-state index in [9.17, 15) is 0 Å². The van der Waals surface area contributed by atoms with Gasteiger partial charge in [-0.15, -0.1) is 0 Å². The van der Waals surface area contributed by atoms with E-state index < -0.39 is 0 Å². The summed E-state index contributed by atoms with van der Waals surface area (Å²) in [5, 5.41) is 0. The molecule has 2 nitrogen and oxygen atoms in total. The molecule has 2 saturated heterocycles. The van der Waals surface area contributed by atoms with Crippen LogP contribution >= 0.6 is 0 Å². The maximum atomic E-state index is 5.74. The molecule has 2 aliphatic heterocycles. The minimum atomic E-state index is 0.386. The molecule has 0 bridgehead atoms. The Morgan fingerprint density at radius 3 is 2.42 bits per heavy atom. The summed E-state index contributed by atoms with van der Waals surface area (Å²) < 4.78 is 11.5. The number of fused-ring (bicyclic) bond motifs is 1. The molecule has 0 unspecified atom stereocenters. The SMILES string of the molecule is CC(C)[C@@H]1CO[C@H]2[C@@H]1OC[C@@H]2C. The van der Waals surface area contributed by atoms with E-state index in [1.165, 1.54) is 0 Å². The number of ether oxygens (including phenoxy) is 2. The maximum Gasteiger partial charge on any atom is 0.0892 e. The van der Waals surface area contributed by atoms with E-state index in [4.69, 9.17) is 9.47 Å². The van der Waals surface area contributed by atoms with Gasteiger partial charge in [0.2, 0.25) is 0 Å². The number of hydrogen-bond acceptors (Lipinski definition) is 2. The molecule has 2 rings (SSSR count). The van der Waals surface area contributed by atoms with Crippen LogP contribution in [0.5, 0.6) is 0 Å². The minimum absolute atomic E-state index is 0.386. The summed E-state index contributed by atoms with van der Waals surface area (Å²) in [6, 6.07) is 0. The van der Waals surface area contributed by atoms with Crippen LogP contribution in [0.2, 0.25) is 0 Å². The molecule has 0 aromatic heterocycles. The predicted octanol–water partition coefficient (Wildman–Crippen LogP) is 1.69. The Kier molecular flexibility index (Phi) is 2.13. The molecule has 70 valence electrons. The zero-order chi connectivity index (χ0) is 8.72. The molecule has 2 heterocycles. The minimum Gasteiger partial charge on any atom is -0.375 e. The summed E-state index contributed by atoms with van der Waals surface area (Å²) in [4.78, 5) is 0. The van der Waals surface area contributed by atoms with Gasteiger partial charge in [-0.3, -0.25) is 0 Å². The molecule has 0 aromatic rings. The molecule has 0 aliphatic carbocycles. The normalized spacial score (nSPS) is 47.0. The van der Waals surface area contributed by atoms with Gasteiger partial charge in [-0.2, -0.15) is 0 Å². The van der Waals surface area contributed by atoms with Gasteiger partial charge < -0.3 is 9.47 Å². The van der Waals surface area contributed by atoms with Crippen molar-refractivity contribution in [2.75, 3.05) is 13.2 Å². The molecule has 0 saturated carbocycles. The topological polar surface area (TPSA) is 18.5 Å². The lowest BCUT2D eigenvalue weighted by atomic mass is 9.89. The van der Waals surface area contributed by atoms with E-state index >= 15 is 0 Å². The average Bonchev–Trinajstić information content (AvgIpc) is 2.53. The van der Waals surface area contributed by atoms with Crippen LogP contribution in [0.4, 0.5) is 0 Å². The highest BCUT2D eigenvalue weighted by Crippen LogP contribution is 2.37. The zero-order valence-electron chi connectivity index (χ0n) is 8.12. The van der Waals surface area contributed by atoms with Crippen LogP contribution < -0.4 is 0 Å². The van der Waals surface area contributed by atoms with E-state index in [0.717, 1.165) is 13.2 Å². The van der Waals surface area contributed by atoms with E-state index in [1.54, 1.807) is 0 Å². The Hall–Kier alpha value is -0.0800. The van der Waals surface area contributed by atoms with Crippen molar-refractivity contribution in [3.63, 3.8) is 0 Å². The molecule has 2 fully saturated rings. The molecule has 2 heteroatoms. The largest absolute Gasteiger partial charge is 0.375 e. The summed E-state index contributed by atoms with van der Waals surface area (Å²) in [7, 11) is 0. The molecular formula is C10H18O2. The van der Waals surface area contributed by atoms with Gasteiger partial charge >= 0.3 is 0 Å². The monoisotopic (exact) mass is 170 g/mol. The van der Waals surface area contributed by atoms with Crippen molar-refractivity contribution in [2.45, 2.75) is 33.0 Å². The maximum absolute atomic E-state index is 5.74. The van der Waals surface area contributed by atoms with Crippen LogP contribution in [0, 0.1) is 17.8 Å². The van der Waals surface area contributed by atoms with Crippen LogP contribution in [-0.2, 0) is 9.47 Å². The molecule has 4 atom stereocenters. The predicted molar refractivity (Wildman–Crippen MR) is 47.0 cm³/mol. The van der Waals surface area contributed by atoms with Crippen molar-refractivity contribution in [3.05, 3.63) is 0 Å². The van der Waals surface area contributed by atoms with Crippen LogP contribution in [0.15, 0.2) is 0 Å². The van der Waals surface area contributed by atoms with Crippen molar-refractivity contribution in [1.29, 1.82) is 0 Å². The van der Waals surface area contributed by atoms with Crippen LogP contribution in [0.25, 0.3) is 0 Å². The van der Waals surface area contributed by atoms with E-state index in [0.29, 0.717) is 30.0 Å². The second kappa shape index (κ2) is 3.00. The fourth-order valence-electron chi connectivity index (χ4n) is 2.29. The summed E-state index contributed by atoms with van der Waals surface area (Å²) in [6.45, 7) is 8.51. The quantitative estimate of drug-likeness (QED) is 0.596. The molecule has 0 aromatic carbocycles. The lowest BCUT2D eigenvalue weighted by molar-refractivity contribution is 0.0549. The smallest absolute Gasteiger partial charge is 0.0892 e. The van der Waals surface area contributed by atoms with Gasteiger partial charge in [0.1, 0.15) is 0 Å². The number of hydrogen-bond donors (Lipinski definition) is 0. The van der Waals surface area contributed by atoms with Gasteiger partial charge in [0.25, 0.3) is 0 Å². The van der Waals surface area contributed by atoms with E-state index in [1.807, 2.05) is 0 Å². The highest BCUT2D eigenvalue weighted by Gasteiger charge is 2.46. The van der Waals surface area contributed by atoms with E-state index in [2.05, 4.69) is 20.8 Å². The molecule has 0 N–H and O–H groups in total. The first-order valence-electron chi connectivity index (χ1n) is 4.93. The Morgan fingerprint density at radius 1 is 1.08 bits per heavy atom. The van der Waals surface area contributed by atoms with Gasteiger partial charge in [0.15, 0.2) is 0 Å². The van der Waals surface area contributed by atoms with Crippen molar-refractivity contribution in [3.8, 4) is 0 Å². The Balaban J connectivity index is 2.05. The van der Waals surface area contributed by atoms with Gasteiger partial charge in [0, 0.05) is 11.8 Å². The Morgan fingerprint density at radius 2 is 1.75 bits per heavy atom. The van der Waals surface area contributed by atoms with Crippen LogP contribution in [0.1, 0.15) is 20.8 Å². The third kappa shape index (κ3) is 1.17. The first-order chi connectivity index (χ1) is 5.70. The van der Waals surface area contributed by atoms with E-state index in [-0.39, 0.29) is 0 Å². The molecule has 0 radical (unpaired) electrons. The highest BCUT2D eigenvalue weighted by atomic mass is 16.6. The fraction of sp³-hybridized carbons (Fsp3) is 1.00. The summed E-state index contributed by atoms with van der Waals surface area (Å²) >= 11 is 0. The second-order valence-electron chi connectivity index (χ2n) is 4.48.